The molecule has 1 atom stereocenters. The fourth-order valence-corrected chi connectivity index (χ4v) is 2.75. The third-order valence-corrected chi connectivity index (χ3v) is 4.42. The first-order chi connectivity index (χ1) is 10.7. The number of hydrogen-bond donors (Lipinski definition) is 0. The normalized spacial score (nSPS) is 16.0. The van der Waals surface area contributed by atoms with Gasteiger partial charge in [-0.05, 0) is 19.1 Å². The van der Waals surface area contributed by atoms with Crippen LogP contribution >= 0.6 is 0 Å². The van der Waals surface area contributed by atoms with Crippen molar-refractivity contribution in [3.05, 3.63) is 54.1 Å². The molecule has 0 saturated carbocycles. The number of ether oxygens (including phenoxy) is 1. The highest BCUT2D eigenvalue weighted by atomic mass is 16.6. The summed E-state index contributed by atoms with van der Waals surface area (Å²) >= 11 is 0. The lowest BCUT2D eigenvalue weighted by Crippen LogP contribution is -2.43. The van der Waals surface area contributed by atoms with Crippen LogP contribution in [0.5, 0.6) is 5.75 Å². The maximum absolute atomic E-state index is 6.02. The molecule has 0 amide bonds. The van der Waals surface area contributed by atoms with Gasteiger partial charge in [-0.25, -0.2) is 0 Å². The van der Waals surface area contributed by atoms with E-state index < -0.39 is 0 Å². The molecule has 1 aliphatic heterocycles. The predicted octanol–water partition coefficient (Wildman–Crippen LogP) is -1.48. The van der Waals surface area contributed by atoms with E-state index in [2.05, 4.69) is 70.9 Å². The van der Waals surface area contributed by atoms with E-state index in [0.717, 1.165) is 19.4 Å². The minimum Gasteiger partial charge on any atom is -0.567 e. The molecule has 0 aliphatic carbocycles. The largest absolute Gasteiger partial charge is 0.567 e. The Hall–Kier alpha value is -1.48. The SMILES string of the molecule is BBB(Oc1ccc(B(B)c2ccc(C)cc2)cc1)C1CO1. The molecular formula is C15H19B5O2. The minimum absolute atomic E-state index is 0.181. The molecule has 0 aromatic heterocycles. The van der Waals surface area contributed by atoms with Gasteiger partial charge >= 0.3 is 6.81 Å². The standard InChI is InChI=1S/C15H19B5O2/c1-11-2-4-12(5-3-11)19(17)13-6-8-14(9-7-13)22-20(18-16)15-10-21-15/h2-9,15,18H,10,16-17H2,1H3. The monoisotopic (exact) mass is 286 g/mol. The third-order valence-electron chi connectivity index (χ3n) is 4.42. The molecule has 3 rings (SSSR count). The van der Waals surface area contributed by atoms with Crippen molar-refractivity contribution < 1.29 is 9.39 Å². The second kappa shape index (κ2) is 6.74. The molecule has 2 aromatic carbocycles. The molecule has 1 saturated heterocycles. The van der Waals surface area contributed by atoms with Crippen LogP contribution in [0.15, 0.2) is 48.5 Å². The Bertz CT molecular complexity index is 613. The van der Waals surface area contributed by atoms with Gasteiger partial charge in [-0.1, -0.05) is 52.9 Å². The van der Waals surface area contributed by atoms with Crippen LogP contribution in [0.1, 0.15) is 5.56 Å². The maximum atomic E-state index is 6.02. The molecule has 0 bridgehead atoms. The van der Waals surface area contributed by atoms with Crippen LogP contribution < -0.4 is 15.6 Å². The second-order valence-electron chi connectivity index (χ2n) is 6.14. The van der Waals surface area contributed by atoms with Gasteiger partial charge in [0.2, 0.25) is 0 Å². The topological polar surface area (TPSA) is 21.8 Å². The molecule has 106 valence electrons. The summed E-state index contributed by atoms with van der Waals surface area (Å²) in [4.78, 5) is 0. The highest BCUT2D eigenvalue weighted by Crippen LogP contribution is 2.16. The van der Waals surface area contributed by atoms with Gasteiger partial charge in [-0.2, -0.15) is 0 Å². The maximum Gasteiger partial charge on any atom is 0.334 e. The molecule has 2 nitrogen and oxygen atoms in total. The summed E-state index contributed by atoms with van der Waals surface area (Å²) in [6, 6.07) is 17.5. The van der Waals surface area contributed by atoms with E-state index >= 15 is 0 Å². The summed E-state index contributed by atoms with van der Waals surface area (Å²) in [5, 5.41) is 0. The van der Waals surface area contributed by atoms with Crippen molar-refractivity contribution in [3.8, 4) is 5.75 Å². The number of hydrogen-bond acceptors (Lipinski definition) is 2. The molecule has 1 aliphatic rings. The van der Waals surface area contributed by atoms with Crippen molar-refractivity contribution in [1.29, 1.82) is 0 Å². The molecule has 1 heterocycles. The average molecular weight is 285 g/mol. The highest BCUT2D eigenvalue weighted by molar-refractivity contribution is 7.30. The van der Waals surface area contributed by atoms with Crippen LogP contribution in [0.2, 0.25) is 0 Å². The number of aryl methyl sites for hydroxylation is 1. The lowest BCUT2D eigenvalue weighted by molar-refractivity contribution is 0.436. The molecule has 7 heteroatoms. The van der Waals surface area contributed by atoms with Crippen molar-refractivity contribution >= 4 is 46.9 Å². The Balaban J connectivity index is 1.69. The van der Waals surface area contributed by atoms with Crippen molar-refractivity contribution in [1.82, 2.24) is 0 Å². The van der Waals surface area contributed by atoms with Crippen molar-refractivity contribution in [3.63, 3.8) is 0 Å². The molecule has 2 aromatic rings. The minimum atomic E-state index is 0.181. The summed E-state index contributed by atoms with van der Waals surface area (Å²) in [5.41, 5.74) is 3.96. The van der Waals surface area contributed by atoms with Gasteiger partial charge in [-0.3, -0.25) is 0 Å². The van der Waals surface area contributed by atoms with Crippen molar-refractivity contribution in [2.75, 3.05) is 6.61 Å². The Morgan fingerprint density at radius 2 is 1.64 bits per heavy atom. The van der Waals surface area contributed by atoms with E-state index in [0.29, 0.717) is 6.60 Å². The molecule has 1 fully saturated rings. The van der Waals surface area contributed by atoms with Gasteiger partial charge < -0.3 is 9.39 Å². The molecule has 0 N–H and O–H groups in total. The van der Waals surface area contributed by atoms with Gasteiger partial charge in [0.05, 0.1) is 33.8 Å². The molecule has 0 spiro atoms. The van der Waals surface area contributed by atoms with Gasteiger partial charge in [0.15, 0.2) is 6.60 Å². The Morgan fingerprint density at radius 3 is 2.14 bits per heavy atom. The third kappa shape index (κ3) is 3.64. The van der Waals surface area contributed by atoms with Gasteiger partial charge in [-0.15, -0.1) is 0 Å². The van der Waals surface area contributed by atoms with E-state index in [4.69, 9.17) is 9.39 Å². The quantitative estimate of drug-likeness (QED) is 0.477. The number of rotatable bonds is 6. The lowest BCUT2D eigenvalue weighted by Gasteiger charge is -2.14. The van der Waals surface area contributed by atoms with Crippen LogP contribution in [0.25, 0.3) is 0 Å². The molecule has 1 unspecified atom stereocenters. The molecule has 0 radical (unpaired) electrons. The summed E-state index contributed by atoms with van der Waals surface area (Å²) in [6.45, 7) is 3.53. The first-order valence-electron chi connectivity index (χ1n) is 8.12. The Labute approximate surface area is 136 Å². The van der Waals surface area contributed by atoms with E-state index in [9.17, 15) is 0 Å². The summed E-state index contributed by atoms with van der Waals surface area (Å²) in [6.07, 6.45) is 0. The van der Waals surface area contributed by atoms with Crippen LogP contribution in [-0.2, 0) is 4.74 Å². The predicted molar refractivity (Wildman–Crippen MR) is 103 cm³/mol. The van der Waals surface area contributed by atoms with Crippen LogP contribution in [-0.4, -0.2) is 48.6 Å². The van der Waals surface area contributed by atoms with E-state index in [1.54, 1.807) is 0 Å². The van der Waals surface area contributed by atoms with Crippen LogP contribution in [0.4, 0.5) is 0 Å². The van der Waals surface area contributed by atoms with Crippen LogP contribution in [0, 0.1) is 6.92 Å². The summed E-state index contributed by atoms with van der Waals surface area (Å²) in [5.74, 6) is 0.933. The van der Waals surface area contributed by atoms with Gasteiger partial charge in [0.25, 0.3) is 0 Å². The fraction of sp³-hybridized carbons (Fsp3) is 0.200. The number of benzene rings is 2. The van der Waals surface area contributed by atoms with Crippen molar-refractivity contribution in [2.24, 2.45) is 0 Å². The summed E-state index contributed by atoms with van der Waals surface area (Å²) in [7, 11) is 5.36. The average Bonchev–Trinajstić information content (AvgIpc) is 3.38. The zero-order valence-corrected chi connectivity index (χ0v) is 13.6. The van der Waals surface area contributed by atoms with E-state index in [-0.39, 0.29) is 12.8 Å². The van der Waals surface area contributed by atoms with E-state index in [1.807, 2.05) is 0 Å². The zero-order valence-electron chi connectivity index (χ0n) is 13.6. The number of epoxide rings is 1. The van der Waals surface area contributed by atoms with Crippen LogP contribution in [0.3, 0.4) is 0 Å². The first-order valence-corrected chi connectivity index (χ1v) is 8.12. The van der Waals surface area contributed by atoms with E-state index in [1.165, 1.54) is 16.5 Å². The second-order valence-corrected chi connectivity index (χ2v) is 6.14. The Morgan fingerprint density at radius 1 is 1.09 bits per heavy atom. The fourth-order valence-electron chi connectivity index (χ4n) is 2.75. The zero-order chi connectivity index (χ0) is 15.5. The lowest BCUT2D eigenvalue weighted by atomic mass is 9.21. The summed E-state index contributed by atoms with van der Waals surface area (Å²) < 4.78 is 11.4. The van der Waals surface area contributed by atoms with Gasteiger partial charge in [0, 0.05) is 0 Å². The Kier molecular flexibility index (Phi) is 4.73. The first kappa shape index (κ1) is 15.4. The van der Waals surface area contributed by atoms with Gasteiger partial charge in [0.1, 0.15) is 7.06 Å². The molecule has 22 heavy (non-hydrogen) atoms. The smallest absolute Gasteiger partial charge is 0.334 e. The highest BCUT2D eigenvalue weighted by Gasteiger charge is 2.37. The van der Waals surface area contributed by atoms with Crippen molar-refractivity contribution in [2.45, 2.75) is 12.9 Å². The molecular weight excluding hydrogens is 266 g/mol.